The summed E-state index contributed by atoms with van der Waals surface area (Å²) in [6.07, 6.45) is 6.57. The Morgan fingerprint density at radius 3 is 2.28 bits per heavy atom. The molecule has 104 valence electrons. The normalized spacial score (nSPS) is 11.9. The molecule has 0 fully saturated rings. The first kappa shape index (κ1) is 16.7. The summed E-state index contributed by atoms with van der Waals surface area (Å²) in [7, 11) is -3.13. The zero-order valence-corrected chi connectivity index (χ0v) is 15.2. The van der Waals surface area contributed by atoms with Crippen LogP contribution in [0, 0.1) is 0 Å². The van der Waals surface area contributed by atoms with Crippen LogP contribution in [-0.4, -0.2) is 14.2 Å². The second-order valence-corrected chi connectivity index (χ2v) is 10.1. The first-order valence-corrected chi connectivity index (χ1v) is 10.2. The predicted molar refractivity (Wildman–Crippen MR) is 85.1 cm³/mol. The fourth-order valence-electron chi connectivity index (χ4n) is 1.72. The molecule has 0 radical (unpaired) electrons. The number of hydrogen-bond donors (Lipinski definition) is 0. The summed E-state index contributed by atoms with van der Waals surface area (Å²) in [5.41, 5.74) is 0. The van der Waals surface area contributed by atoms with Crippen molar-refractivity contribution in [3.05, 3.63) is 13.6 Å². The van der Waals surface area contributed by atoms with Crippen LogP contribution in [0.25, 0.3) is 0 Å². The maximum atomic E-state index is 12.1. The summed E-state index contributed by atoms with van der Waals surface area (Å²) in [6.45, 7) is 2.18. The maximum Gasteiger partial charge on any atom is 0.180 e. The van der Waals surface area contributed by atoms with E-state index in [4.69, 9.17) is 0 Å². The van der Waals surface area contributed by atoms with Crippen LogP contribution in [-0.2, 0) is 9.84 Å². The molecular weight excluding hydrogens is 400 g/mol. The fourth-order valence-corrected chi connectivity index (χ4v) is 7.05. The minimum Gasteiger partial charge on any atom is -0.224 e. The molecule has 0 amide bonds. The average Bonchev–Trinajstić information content (AvgIpc) is 2.63. The molecular formula is C12H18Br2O2S2. The van der Waals surface area contributed by atoms with Gasteiger partial charge in [0, 0.05) is 0 Å². The lowest BCUT2D eigenvalue weighted by Crippen LogP contribution is -2.06. The van der Waals surface area contributed by atoms with Gasteiger partial charge in [-0.05, 0) is 44.3 Å². The molecule has 1 aromatic heterocycles. The Labute approximate surface area is 130 Å². The van der Waals surface area contributed by atoms with Gasteiger partial charge in [-0.1, -0.05) is 39.0 Å². The number of sulfone groups is 1. The van der Waals surface area contributed by atoms with Crippen molar-refractivity contribution in [2.45, 2.75) is 50.3 Å². The number of rotatable bonds is 8. The van der Waals surface area contributed by atoms with E-state index < -0.39 is 9.84 Å². The van der Waals surface area contributed by atoms with E-state index in [0.29, 0.717) is 8.68 Å². The van der Waals surface area contributed by atoms with Crippen molar-refractivity contribution < 1.29 is 8.42 Å². The Morgan fingerprint density at radius 1 is 1.11 bits per heavy atom. The first-order chi connectivity index (χ1) is 8.47. The maximum absolute atomic E-state index is 12.1. The van der Waals surface area contributed by atoms with E-state index in [1.807, 2.05) is 0 Å². The third-order valence-corrected chi connectivity index (χ3v) is 7.28. The van der Waals surface area contributed by atoms with Crippen LogP contribution in [0.2, 0.25) is 0 Å². The van der Waals surface area contributed by atoms with Crippen LogP contribution in [0.3, 0.4) is 0 Å². The molecule has 2 nitrogen and oxygen atoms in total. The first-order valence-electron chi connectivity index (χ1n) is 6.15. The topological polar surface area (TPSA) is 34.1 Å². The molecule has 0 saturated heterocycles. The summed E-state index contributed by atoms with van der Waals surface area (Å²) >= 11 is 8.02. The van der Waals surface area contributed by atoms with E-state index >= 15 is 0 Å². The molecule has 1 heterocycles. The van der Waals surface area contributed by atoms with Gasteiger partial charge in [0.1, 0.15) is 0 Å². The number of halogens is 2. The van der Waals surface area contributed by atoms with Gasteiger partial charge in [0.05, 0.1) is 18.2 Å². The Bertz CT molecular complexity index is 466. The summed E-state index contributed by atoms with van der Waals surface area (Å²) in [5, 5.41) is 0. The molecule has 0 saturated carbocycles. The van der Waals surface area contributed by atoms with Crippen molar-refractivity contribution in [1.29, 1.82) is 0 Å². The molecule has 0 spiro atoms. The highest BCUT2D eigenvalue weighted by Crippen LogP contribution is 2.35. The Balaban J connectivity index is 2.43. The van der Waals surface area contributed by atoms with E-state index in [1.54, 1.807) is 6.07 Å². The van der Waals surface area contributed by atoms with Crippen LogP contribution in [0.15, 0.2) is 18.5 Å². The van der Waals surface area contributed by atoms with Gasteiger partial charge in [0.15, 0.2) is 9.84 Å². The van der Waals surface area contributed by atoms with Gasteiger partial charge in [0.2, 0.25) is 0 Å². The largest absolute Gasteiger partial charge is 0.224 e. The lowest BCUT2D eigenvalue weighted by atomic mass is 10.1. The number of hydrogen-bond acceptors (Lipinski definition) is 3. The zero-order chi connectivity index (χ0) is 13.6. The van der Waals surface area contributed by atoms with Gasteiger partial charge >= 0.3 is 0 Å². The van der Waals surface area contributed by atoms with Crippen LogP contribution >= 0.6 is 43.2 Å². The quantitative estimate of drug-likeness (QED) is 0.530. The van der Waals surface area contributed by atoms with Crippen molar-refractivity contribution in [3.8, 4) is 0 Å². The van der Waals surface area contributed by atoms with Crippen LogP contribution in [0.5, 0.6) is 0 Å². The number of thiophene rings is 1. The summed E-state index contributed by atoms with van der Waals surface area (Å²) < 4.78 is 25.8. The summed E-state index contributed by atoms with van der Waals surface area (Å²) in [4.78, 5) is 0.424. The second kappa shape index (κ2) is 8.02. The highest BCUT2D eigenvalue weighted by molar-refractivity contribution is 9.12. The molecule has 0 aliphatic rings. The molecule has 1 aromatic rings. The lowest BCUT2D eigenvalue weighted by molar-refractivity contribution is 0.583. The van der Waals surface area contributed by atoms with E-state index in [0.717, 1.165) is 23.0 Å². The monoisotopic (exact) mass is 416 g/mol. The van der Waals surface area contributed by atoms with Crippen molar-refractivity contribution in [2.75, 3.05) is 5.75 Å². The van der Waals surface area contributed by atoms with Crippen LogP contribution < -0.4 is 0 Å². The Hall–Kier alpha value is 0.610. The highest BCUT2D eigenvalue weighted by Gasteiger charge is 2.19. The smallest absolute Gasteiger partial charge is 0.180 e. The van der Waals surface area contributed by atoms with Gasteiger partial charge in [0.25, 0.3) is 0 Å². The van der Waals surface area contributed by atoms with Gasteiger partial charge in [-0.15, -0.1) is 11.3 Å². The van der Waals surface area contributed by atoms with Crippen LogP contribution in [0.1, 0.15) is 45.4 Å². The Kier molecular flexibility index (Phi) is 7.43. The van der Waals surface area contributed by atoms with E-state index in [2.05, 4.69) is 38.8 Å². The van der Waals surface area contributed by atoms with Crippen molar-refractivity contribution >= 4 is 53.0 Å². The second-order valence-electron chi connectivity index (χ2n) is 4.28. The summed E-state index contributed by atoms with van der Waals surface area (Å²) in [5.74, 6) is 0.251. The predicted octanol–water partition coefficient (Wildman–Crippen LogP) is 5.41. The number of unbranched alkanes of at least 4 members (excludes halogenated alkanes) is 5. The van der Waals surface area contributed by atoms with Crippen molar-refractivity contribution in [3.63, 3.8) is 0 Å². The van der Waals surface area contributed by atoms with Gasteiger partial charge in [-0.2, -0.15) is 0 Å². The molecule has 0 unspecified atom stereocenters. The van der Waals surface area contributed by atoms with Crippen molar-refractivity contribution in [2.24, 2.45) is 0 Å². The molecule has 0 atom stereocenters. The molecule has 0 bridgehead atoms. The SMILES string of the molecule is CCCCCCCCS(=O)(=O)c1cc(Br)sc1Br. The molecule has 18 heavy (non-hydrogen) atoms. The third kappa shape index (κ3) is 5.31. The van der Waals surface area contributed by atoms with E-state index in [9.17, 15) is 8.42 Å². The zero-order valence-electron chi connectivity index (χ0n) is 10.4. The minimum atomic E-state index is -3.13. The van der Waals surface area contributed by atoms with Gasteiger partial charge in [-0.25, -0.2) is 8.42 Å². The lowest BCUT2D eigenvalue weighted by Gasteiger charge is -2.03. The summed E-state index contributed by atoms with van der Waals surface area (Å²) in [6, 6.07) is 1.68. The van der Waals surface area contributed by atoms with E-state index in [-0.39, 0.29) is 5.75 Å². The average molecular weight is 418 g/mol. The van der Waals surface area contributed by atoms with Crippen LogP contribution in [0.4, 0.5) is 0 Å². The molecule has 0 N–H and O–H groups in total. The molecule has 0 aromatic carbocycles. The molecule has 0 aliphatic carbocycles. The highest BCUT2D eigenvalue weighted by atomic mass is 79.9. The standard InChI is InChI=1S/C12H18Br2O2S2/c1-2-3-4-5-6-7-8-18(15,16)10-9-11(13)17-12(10)14/h9H,2-8H2,1H3. The van der Waals surface area contributed by atoms with E-state index in [1.165, 1.54) is 30.6 Å². The van der Waals surface area contributed by atoms with Gasteiger partial charge < -0.3 is 0 Å². The fraction of sp³-hybridized carbons (Fsp3) is 0.667. The minimum absolute atomic E-state index is 0.251. The van der Waals surface area contributed by atoms with Crippen molar-refractivity contribution in [1.82, 2.24) is 0 Å². The third-order valence-electron chi connectivity index (χ3n) is 2.73. The molecule has 1 rings (SSSR count). The Morgan fingerprint density at radius 2 is 1.72 bits per heavy atom. The molecule has 6 heteroatoms. The molecule has 0 aliphatic heterocycles. The van der Waals surface area contributed by atoms with Gasteiger partial charge in [-0.3, -0.25) is 0 Å².